The molecule has 3 aromatic carbocycles. The van der Waals surface area contributed by atoms with Crippen LogP contribution in [0, 0.1) is 0 Å². The number of thiazole rings is 1. The molecule has 0 saturated carbocycles. The van der Waals surface area contributed by atoms with Crippen molar-refractivity contribution < 1.29 is 14.3 Å². The molecule has 4 aromatic rings. The molecule has 1 atom stereocenters. The summed E-state index contributed by atoms with van der Waals surface area (Å²) in [6.45, 7) is 1.18. The van der Waals surface area contributed by atoms with Gasteiger partial charge in [-0.15, -0.1) is 0 Å². The van der Waals surface area contributed by atoms with Crippen molar-refractivity contribution in [2.24, 2.45) is 0 Å². The number of hydrogen-bond acceptors (Lipinski definition) is 5. The molecule has 0 radical (unpaired) electrons. The van der Waals surface area contributed by atoms with Gasteiger partial charge in [0.15, 0.2) is 5.13 Å². The summed E-state index contributed by atoms with van der Waals surface area (Å²) >= 11 is 7.79. The summed E-state index contributed by atoms with van der Waals surface area (Å²) in [4.78, 5) is 19.9. The first kappa shape index (κ1) is 20.9. The first-order valence-electron chi connectivity index (χ1n) is 10.5. The van der Waals surface area contributed by atoms with Crippen LogP contribution in [0.1, 0.15) is 23.2 Å². The van der Waals surface area contributed by atoms with Crippen molar-refractivity contribution in [1.29, 1.82) is 0 Å². The molecular formula is C25H21ClN2O3S. The summed E-state index contributed by atoms with van der Waals surface area (Å²) in [6, 6.07) is 22.4. The molecule has 1 aliphatic rings. The van der Waals surface area contributed by atoms with E-state index in [9.17, 15) is 4.79 Å². The zero-order valence-corrected chi connectivity index (χ0v) is 18.8. The number of nitrogens with zero attached hydrogens (tertiary/aromatic N) is 2. The van der Waals surface area contributed by atoms with Crippen molar-refractivity contribution in [3.05, 3.63) is 83.4 Å². The standard InChI is InChI=1S/C25H21ClN2O3S/c26-21-9-4-10-22-23(21)27-25(32-22)28(16-20-8-5-15-30-20)24(29)17-11-13-19(14-12-17)31-18-6-2-1-3-7-18/h1-4,6-7,9-14,20H,5,8,15-16H2. The molecular weight excluding hydrogens is 444 g/mol. The zero-order valence-electron chi connectivity index (χ0n) is 17.2. The lowest BCUT2D eigenvalue weighted by molar-refractivity contribution is 0.0917. The van der Waals surface area contributed by atoms with Crippen LogP contribution < -0.4 is 9.64 Å². The van der Waals surface area contributed by atoms with E-state index in [0.717, 1.165) is 29.9 Å². The molecule has 0 aliphatic carbocycles. The van der Waals surface area contributed by atoms with Crippen LogP contribution in [0.5, 0.6) is 11.5 Å². The molecule has 32 heavy (non-hydrogen) atoms. The third-order valence-electron chi connectivity index (χ3n) is 5.32. The van der Waals surface area contributed by atoms with Crippen LogP contribution >= 0.6 is 22.9 Å². The lowest BCUT2D eigenvalue weighted by Crippen LogP contribution is -2.37. The Morgan fingerprint density at radius 1 is 1.06 bits per heavy atom. The fraction of sp³-hybridized carbons (Fsp3) is 0.200. The van der Waals surface area contributed by atoms with Gasteiger partial charge in [-0.2, -0.15) is 0 Å². The van der Waals surface area contributed by atoms with Gasteiger partial charge in [0.2, 0.25) is 0 Å². The van der Waals surface area contributed by atoms with Crippen LogP contribution in [0.25, 0.3) is 10.2 Å². The number of hydrogen-bond donors (Lipinski definition) is 0. The number of amides is 1. The molecule has 1 fully saturated rings. The van der Waals surface area contributed by atoms with E-state index in [4.69, 9.17) is 21.1 Å². The number of para-hydroxylation sites is 2. The van der Waals surface area contributed by atoms with Crippen LogP contribution in [0.3, 0.4) is 0 Å². The van der Waals surface area contributed by atoms with Crippen LogP contribution in [0.15, 0.2) is 72.8 Å². The van der Waals surface area contributed by atoms with E-state index in [-0.39, 0.29) is 12.0 Å². The van der Waals surface area contributed by atoms with Gasteiger partial charge in [-0.1, -0.05) is 47.2 Å². The number of carbonyl (C=O) groups excluding carboxylic acids is 1. The normalized spacial score (nSPS) is 15.7. The number of benzene rings is 3. The first-order chi connectivity index (χ1) is 15.7. The van der Waals surface area contributed by atoms with Gasteiger partial charge < -0.3 is 9.47 Å². The molecule has 2 heterocycles. The average Bonchev–Trinajstić information content (AvgIpc) is 3.49. The van der Waals surface area contributed by atoms with Crippen LogP contribution in [-0.4, -0.2) is 30.1 Å². The highest BCUT2D eigenvalue weighted by Crippen LogP contribution is 2.34. The molecule has 0 bridgehead atoms. The minimum atomic E-state index is -0.123. The van der Waals surface area contributed by atoms with E-state index < -0.39 is 0 Å². The predicted octanol–water partition coefficient (Wildman–Crippen LogP) is 6.57. The highest BCUT2D eigenvalue weighted by atomic mass is 35.5. The third kappa shape index (κ3) is 4.48. The lowest BCUT2D eigenvalue weighted by Gasteiger charge is -2.23. The van der Waals surface area contributed by atoms with Crippen molar-refractivity contribution in [3.8, 4) is 11.5 Å². The predicted molar refractivity (Wildman–Crippen MR) is 128 cm³/mol. The van der Waals surface area contributed by atoms with Gasteiger partial charge in [0, 0.05) is 12.2 Å². The molecule has 0 N–H and O–H groups in total. The van der Waals surface area contributed by atoms with E-state index in [1.54, 1.807) is 29.2 Å². The summed E-state index contributed by atoms with van der Waals surface area (Å²) in [7, 11) is 0. The topological polar surface area (TPSA) is 51.7 Å². The van der Waals surface area contributed by atoms with Crippen molar-refractivity contribution in [2.75, 3.05) is 18.1 Å². The molecule has 1 aliphatic heterocycles. The van der Waals surface area contributed by atoms with Gasteiger partial charge in [0.1, 0.15) is 17.0 Å². The SMILES string of the molecule is O=C(c1ccc(Oc2ccccc2)cc1)N(CC1CCCO1)c1nc2c(Cl)cccc2s1. The number of fused-ring (bicyclic) bond motifs is 1. The molecule has 1 unspecified atom stereocenters. The maximum atomic E-state index is 13.5. The number of rotatable bonds is 6. The van der Waals surface area contributed by atoms with E-state index in [0.29, 0.717) is 33.5 Å². The Labute approximate surface area is 195 Å². The summed E-state index contributed by atoms with van der Waals surface area (Å²) in [5.41, 5.74) is 1.28. The summed E-state index contributed by atoms with van der Waals surface area (Å²) < 4.78 is 12.6. The fourth-order valence-electron chi connectivity index (χ4n) is 3.70. The molecule has 7 heteroatoms. The van der Waals surface area contributed by atoms with E-state index in [2.05, 4.69) is 4.98 Å². The fourth-order valence-corrected chi connectivity index (χ4v) is 4.98. The minimum Gasteiger partial charge on any atom is -0.457 e. The minimum absolute atomic E-state index is 0.00196. The van der Waals surface area contributed by atoms with E-state index >= 15 is 0 Å². The van der Waals surface area contributed by atoms with Gasteiger partial charge >= 0.3 is 0 Å². The molecule has 5 nitrogen and oxygen atoms in total. The monoisotopic (exact) mass is 464 g/mol. The van der Waals surface area contributed by atoms with Crippen molar-refractivity contribution in [3.63, 3.8) is 0 Å². The van der Waals surface area contributed by atoms with Gasteiger partial charge in [0.05, 0.1) is 22.4 Å². The quantitative estimate of drug-likeness (QED) is 0.324. The smallest absolute Gasteiger partial charge is 0.260 e. The van der Waals surface area contributed by atoms with Gasteiger partial charge in [-0.05, 0) is 61.4 Å². The molecule has 1 aromatic heterocycles. The van der Waals surface area contributed by atoms with Gasteiger partial charge in [-0.25, -0.2) is 4.98 Å². The molecule has 1 saturated heterocycles. The maximum absolute atomic E-state index is 13.5. The van der Waals surface area contributed by atoms with Crippen molar-refractivity contribution >= 4 is 44.2 Å². The summed E-state index contributed by atoms with van der Waals surface area (Å²) in [5.74, 6) is 1.30. The Morgan fingerprint density at radius 2 is 1.84 bits per heavy atom. The van der Waals surface area contributed by atoms with Gasteiger partial charge in [0.25, 0.3) is 5.91 Å². The van der Waals surface area contributed by atoms with Crippen LogP contribution in [0.4, 0.5) is 5.13 Å². The second kappa shape index (κ2) is 9.28. The Kier molecular flexibility index (Phi) is 6.08. The van der Waals surface area contributed by atoms with E-state index in [1.165, 1.54) is 11.3 Å². The van der Waals surface area contributed by atoms with E-state index in [1.807, 2.05) is 48.5 Å². The Morgan fingerprint density at radius 3 is 2.56 bits per heavy atom. The summed E-state index contributed by atoms with van der Waals surface area (Å²) in [5, 5.41) is 1.20. The molecule has 1 amide bonds. The lowest BCUT2D eigenvalue weighted by atomic mass is 10.1. The third-order valence-corrected chi connectivity index (χ3v) is 6.67. The second-order valence-corrected chi connectivity index (χ2v) is 8.99. The highest BCUT2D eigenvalue weighted by molar-refractivity contribution is 7.22. The zero-order chi connectivity index (χ0) is 21.9. The number of aromatic nitrogens is 1. The Bertz CT molecular complexity index is 1220. The molecule has 5 rings (SSSR count). The average molecular weight is 465 g/mol. The number of halogens is 1. The first-order valence-corrected chi connectivity index (χ1v) is 11.7. The summed E-state index contributed by atoms with van der Waals surface area (Å²) in [6.07, 6.45) is 1.94. The van der Waals surface area contributed by atoms with Crippen LogP contribution in [0.2, 0.25) is 5.02 Å². The van der Waals surface area contributed by atoms with Crippen molar-refractivity contribution in [1.82, 2.24) is 4.98 Å². The number of anilines is 1. The maximum Gasteiger partial charge on any atom is 0.260 e. The Hall–Kier alpha value is -2.93. The second-order valence-electron chi connectivity index (χ2n) is 7.57. The molecule has 0 spiro atoms. The largest absolute Gasteiger partial charge is 0.457 e. The van der Waals surface area contributed by atoms with Crippen LogP contribution in [-0.2, 0) is 4.74 Å². The highest BCUT2D eigenvalue weighted by Gasteiger charge is 2.27. The Balaban J connectivity index is 1.42. The van der Waals surface area contributed by atoms with Crippen molar-refractivity contribution in [2.45, 2.75) is 18.9 Å². The number of carbonyl (C=O) groups is 1. The molecule has 162 valence electrons. The number of ether oxygens (including phenoxy) is 2. The van der Waals surface area contributed by atoms with Gasteiger partial charge in [-0.3, -0.25) is 9.69 Å².